The molecule has 0 saturated heterocycles. The summed E-state index contributed by atoms with van der Waals surface area (Å²) in [4.78, 5) is 12.0. The third-order valence-corrected chi connectivity index (χ3v) is 3.80. The lowest BCUT2D eigenvalue weighted by atomic mass is 10.2. The SMILES string of the molecule is CCCOc1ccc(OC(=O)CCc2cnn(-c3ccccc3)c2)cc1. The number of rotatable bonds is 8. The Kier molecular flexibility index (Phi) is 6.04. The standard InChI is InChI=1S/C21H22N2O3/c1-2-14-25-19-9-11-20(12-10-19)26-21(24)13-8-17-15-22-23(16-17)18-6-4-3-5-7-18/h3-7,9-12,15-16H,2,8,13-14H2,1H3. The molecule has 0 aliphatic rings. The van der Waals surface area contributed by atoms with Crippen molar-refractivity contribution in [3.63, 3.8) is 0 Å². The number of carbonyl (C=O) groups excluding carboxylic acids is 1. The molecule has 3 rings (SSSR count). The molecule has 0 amide bonds. The van der Waals surface area contributed by atoms with Gasteiger partial charge in [-0.3, -0.25) is 4.79 Å². The van der Waals surface area contributed by atoms with Gasteiger partial charge >= 0.3 is 5.97 Å². The summed E-state index contributed by atoms with van der Waals surface area (Å²) in [5.74, 6) is 1.04. The summed E-state index contributed by atoms with van der Waals surface area (Å²) in [5, 5.41) is 4.33. The molecule has 0 radical (unpaired) electrons. The maximum absolute atomic E-state index is 12.0. The van der Waals surface area contributed by atoms with Crippen molar-refractivity contribution in [2.24, 2.45) is 0 Å². The topological polar surface area (TPSA) is 53.4 Å². The quantitative estimate of drug-likeness (QED) is 0.451. The monoisotopic (exact) mass is 350 g/mol. The van der Waals surface area contributed by atoms with Gasteiger partial charge < -0.3 is 9.47 Å². The van der Waals surface area contributed by atoms with Crippen LogP contribution in [0.25, 0.3) is 5.69 Å². The molecule has 26 heavy (non-hydrogen) atoms. The fourth-order valence-corrected chi connectivity index (χ4v) is 2.46. The van der Waals surface area contributed by atoms with E-state index in [0.717, 1.165) is 23.4 Å². The van der Waals surface area contributed by atoms with E-state index in [4.69, 9.17) is 9.47 Å². The van der Waals surface area contributed by atoms with Gasteiger partial charge in [-0.05, 0) is 54.8 Å². The highest BCUT2D eigenvalue weighted by atomic mass is 16.5. The van der Waals surface area contributed by atoms with Crippen LogP contribution >= 0.6 is 0 Å². The van der Waals surface area contributed by atoms with Crippen LogP contribution in [0.4, 0.5) is 0 Å². The van der Waals surface area contributed by atoms with Gasteiger partial charge in [-0.1, -0.05) is 25.1 Å². The van der Waals surface area contributed by atoms with Crippen LogP contribution in [0.5, 0.6) is 11.5 Å². The van der Waals surface area contributed by atoms with Crippen molar-refractivity contribution in [2.75, 3.05) is 6.61 Å². The van der Waals surface area contributed by atoms with Crippen molar-refractivity contribution >= 4 is 5.97 Å². The summed E-state index contributed by atoms with van der Waals surface area (Å²) >= 11 is 0. The molecule has 0 aliphatic heterocycles. The average Bonchev–Trinajstić information content (AvgIpc) is 3.16. The van der Waals surface area contributed by atoms with Crippen LogP contribution in [-0.2, 0) is 11.2 Å². The van der Waals surface area contributed by atoms with E-state index in [9.17, 15) is 4.79 Å². The van der Waals surface area contributed by atoms with Gasteiger partial charge in [0.05, 0.1) is 24.9 Å². The van der Waals surface area contributed by atoms with Gasteiger partial charge in [-0.15, -0.1) is 0 Å². The summed E-state index contributed by atoms with van der Waals surface area (Å²) in [6, 6.07) is 17.0. The number of hydrogen-bond donors (Lipinski definition) is 0. The van der Waals surface area contributed by atoms with E-state index in [1.165, 1.54) is 0 Å². The Morgan fingerprint density at radius 1 is 1.04 bits per heavy atom. The van der Waals surface area contributed by atoms with Crippen LogP contribution in [0, 0.1) is 0 Å². The smallest absolute Gasteiger partial charge is 0.311 e. The average molecular weight is 350 g/mol. The van der Waals surface area contributed by atoms with E-state index in [2.05, 4.69) is 12.0 Å². The minimum atomic E-state index is -0.264. The van der Waals surface area contributed by atoms with Crippen molar-refractivity contribution in [1.29, 1.82) is 0 Å². The molecule has 3 aromatic rings. The highest BCUT2D eigenvalue weighted by molar-refractivity contribution is 5.72. The normalized spacial score (nSPS) is 10.5. The van der Waals surface area contributed by atoms with Gasteiger partial charge in [-0.2, -0.15) is 5.10 Å². The van der Waals surface area contributed by atoms with E-state index in [-0.39, 0.29) is 5.97 Å². The Bertz CT molecular complexity index is 826. The molecular weight excluding hydrogens is 328 g/mol. The number of aryl methyl sites for hydroxylation is 1. The van der Waals surface area contributed by atoms with Crippen molar-refractivity contribution in [3.8, 4) is 17.2 Å². The largest absolute Gasteiger partial charge is 0.494 e. The Balaban J connectivity index is 1.49. The molecule has 5 nitrogen and oxygen atoms in total. The first kappa shape index (κ1) is 17.7. The molecule has 0 bridgehead atoms. The van der Waals surface area contributed by atoms with Gasteiger partial charge in [-0.25, -0.2) is 4.68 Å². The number of ether oxygens (including phenoxy) is 2. The first-order valence-corrected chi connectivity index (χ1v) is 8.77. The Hall–Kier alpha value is -3.08. The van der Waals surface area contributed by atoms with E-state index in [0.29, 0.717) is 25.2 Å². The second-order valence-electron chi connectivity index (χ2n) is 5.92. The molecule has 0 spiro atoms. The Morgan fingerprint density at radius 2 is 1.77 bits per heavy atom. The predicted octanol–water partition coefficient (Wildman–Crippen LogP) is 4.20. The molecule has 5 heteroatoms. The number of carbonyl (C=O) groups is 1. The van der Waals surface area contributed by atoms with Gasteiger partial charge in [0.25, 0.3) is 0 Å². The van der Waals surface area contributed by atoms with Gasteiger partial charge in [0, 0.05) is 6.20 Å². The van der Waals surface area contributed by atoms with Crippen LogP contribution in [0.3, 0.4) is 0 Å². The van der Waals surface area contributed by atoms with Crippen LogP contribution in [0.2, 0.25) is 0 Å². The van der Waals surface area contributed by atoms with Crippen molar-refractivity contribution < 1.29 is 14.3 Å². The summed E-state index contributed by atoms with van der Waals surface area (Å²) in [6.07, 6.45) is 5.55. The number of aromatic nitrogens is 2. The highest BCUT2D eigenvalue weighted by Gasteiger charge is 2.08. The van der Waals surface area contributed by atoms with Crippen molar-refractivity contribution in [1.82, 2.24) is 9.78 Å². The van der Waals surface area contributed by atoms with Crippen LogP contribution in [0.1, 0.15) is 25.3 Å². The fraction of sp³-hybridized carbons (Fsp3) is 0.238. The third kappa shape index (κ3) is 4.96. The number of para-hydroxylation sites is 1. The lowest BCUT2D eigenvalue weighted by molar-refractivity contribution is -0.134. The molecule has 1 aromatic heterocycles. The van der Waals surface area contributed by atoms with Crippen LogP contribution in [-0.4, -0.2) is 22.4 Å². The number of benzene rings is 2. The number of esters is 1. The van der Waals surface area contributed by atoms with Crippen LogP contribution in [0.15, 0.2) is 67.0 Å². The summed E-state index contributed by atoms with van der Waals surface area (Å²) < 4.78 is 12.7. The van der Waals surface area contributed by atoms with E-state index >= 15 is 0 Å². The van der Waals surface area contributed by atoms with E-state index in [1.54, 1.807) is 23.0 Å². The minimum Gasteiger partial charge on any atom is -0.494 e. The molecule has 0 aliphatic carbocycles. The van der Waals surface area contributed by atoms with Gasteiger partial charge in [0.2, 0.25) is 0 Å². The Morgan fingerprint density at radius 3 is 2.50 bits per heavy atom. The summed E-state index contributed by atoms with van der Waals surface area (Å²) in [5.41, 5.74) is 1.99. The molecule has 0 unspecified atom stereocenters. The van der Waals surface area contributed by atoms with Crippen molar-refractivity contribution in [2.45, 2.75) is 26.2 Å². The number of hydrogen-bond acceptors (Lipinski definition) is 4. The maximum atomic E-state index is 12.0. The zero-order chi connectivity index (χ0) is 18.2. The lowest BCUT2D eigenvalue weighted by Crippen LogP contribution is -2.08. The summed E-state index contributed by atoms with van der Waals surface area (Å²) in [7, 11) is 0. The molecular formula is C21H22N2O3. The number of nitrogens with zero attached hydrogens (tertiary/aromatic N) is 2. The second-order valence-corrected chi connectivity index (χ2v) is 5.92. The molecule has 0 N–H and O–H groups in total. The van der Waals surface area contributed by atoms with Gasteiger partial charge in [0.15, 0.2) is 0 Å². The zero-order valence-electron chi connectivity index (χ0n) is 14.8. The molecule has 2 aromatic carbocycles. The summed E-state index contributed by atoms with van der Waals surface area (Å²) in [6.45, 7) is 2.73. The highest BCUT2D eigenvalue weighted by Crippen LogP contribution is 2.18. The Labute approximate surface area is 153 Å². The lowest BCUT2D eigenvalue weighted by Gasteiger charge is -2.06. The van der Waals surface area contributed by atoms with Crippen molar-refractivity contribution in [3.05, 3.63) is 72.6 Å². The van der Waals surface area contributed by atoms with E-state index in [1.807, 2.05) is 48.7 Å². The third-order valence-electron chi connectivity index (χ3n) is 3.80. The molecule has 0 atom stereocenters. The first-order valence-electron chi connectivity index (χ1n) is 8.77. The van der Waals surface area contributed by atoms with Gasteiger partial charge in [0.1, 0.15) is 11.5 Å². The zero-order valence-corrected chi connectivity index (χ0v) is 14.8. The molecule has 134 valence electrons. The predicted molar refractivity (Wildman–Crippen MR) is 99.7 cm³/mol. The second kappa shape index (κ2) is 8.85. The first-order chi connectivity index (χ1) is 12.7. The fourth-order valence-electron chi connectivity index (χ4n) is 2.46. The molecule has 1 heterocycles. The molecule has 0 fully saturated rings. The minimum absolute atomic E-state index is 0.264. The molecule has 0 saturated carbocycles. The maximum Gasteiger partial charge on any atom is 0.311 e. The van der Waals surface area contributed by atoms with E-state index < -0.39 is 0 Å². The van der Waals surface area contributed by atoms with Crippen LogP contribution < -0.4 is 9.47 Å².